The largest absolute Gasteiger partial charge is 0.494 e. The Balaban J connectivity index is 2.05. The molecule has 1 N–H and O–H groups in total. The number of hydrogen-bond acceptors (Lipinski definition) is 3. The van der Waals surface area contributed by atoms with E-state index >= 15 is 0 Å². The third-order valence-electron chi connectivity index (χ3n) is 4.60. The number of anilines is 1. The van der Waals surface area contributed by atoms with Gasteiger partial charge in [-0.25, -0.2) is 4.39 Å². The summed E-state index contributed by atoms with van der Waals surface area (Å²) in [6.45, 7) is 7.17. The highest BCUT2D eigenvalue weighted by Gasteiger charge is 2.51. The van der Waals surface area contributed by atoms with Gasteiger partial charge in [0.25, 0.3) is 0 Å². The van der Waals surface area contributed by atoms with E-state index in [0.717, 1.165) is 25.1 Å². The number of hydrogen-bond donors (Lipinski definition) is 1. The molecule has 1 aliphatic rings. The molecule has 2 rings (SSSR count). The fourth-order valence-corrected chi connectivity index (χ4v) is 2.93. The normalized spacial score (nSPS) is 28.9. The van der Waals surface area contributed by atoms with E-state index in [4.69, 9.17) is 9.47 Å². The zero-order chi connectivity index (χ0) is 14.8. The quantitative estimate of drug-likeness (QED) is 0.859. The highest BCUT2D eigenvalue weighted by Crippen LogP contribution is 2.47. The van der Waals surface area contributed by atoms with E-state index in [1.807, 2.05) is 13.0 Å². The summed E-state index contributed by atoms with van der Waals surface area (Å²) in [5.41, 5.74) is 0.898. The monoisotopic (exact) mass is 281 g/mol. The zero-order valence-electron chi connectivity index (χ0n) is 12.7. The Morgan fingerprint density at radius 3 is 2.70 bits per heavy atom. The standard InChI is InChI=1S/C16H24FNO2/c1-5-16(3)14(10-15(16)20-6-2)18-11-7-8-13(19-4)12(17)9-11/h7-9,14-15,18H,5-6,10H2,1-4H3. The van der Waals surface area contributed by atoms with Gasteiger partial charge in [0.05, 0.1) is 13.2 Å². The lowest BCUT2D eigenvalue weighted by atomic mass is 9.61. The lowest BCUT2D eigenvalue weighted by Crippen LogP contribution is -2.59. The predicted octanol–water partition coefficient (Wildman–Crippen LogP) is 3.84. The highest BCUT2D eigenvalue weighted by molar-refractivity contribution is 5.49. The van der Waals surface area contributed by atoms with Gasteiger partial charge in [-0.05, 0) is 31.9 Å². The summed E-state index contributed by atoms with van der Waals surface area (Å²) in [6, 6.07) is 5.31. The maximum Gasteiger partial charge on any atom is 0.167 e. The van der Waals surface area contributed by atoms with Crippen molar-refractivity contribution < 1.29 is 13.9 Å². The summed E-state index contributed by atoms with van der Waals surface area (Å²) < 4.78 is 24.4. The van der Waals surface area contributed by atoms with Crippen molar-refractivity contribution in [1.29, 1.82) is 0 Å². The molecule has 112 valence electrons. The molecule has 1 saturated carbocycles. The summed E-state index contributed by atoms with van der Waals surface area (Å²) in [6.07, 6.45) is 2.29. The zero-order valence-corrected chi connectivity index (χ0v) is 12.7. The molecule has 0 radical (unpaired) electrons. The summed E-state index contributed by atoms with van der Waals surface area (Å²) in [4.78, 5) is 0. The molecule has 1 aromatic rings. The number of halogens is 1. The minimum absolute atomic E-state index is 0.104. The fourth-order valence-electron chi connectivity index (χ4n) is 2.93. The van der Waals surface area contributed by atoms with Crippen LogP contribution >= 0.6 is 0 Å². The van der Waals surface area contributed by atoms with Crippen LogP contribution in [0.25, 0.3) is 0 Å². The van der Waals surface area contributed by atoms with Gasteiger partial charge in [0.1, 0.15) is 0 Å². The average molecular weight is 281 g/mol. The van der Waals surface area contributed by atoms with Crippen molar-refractivity contribution in [2.45, 2.75) is 45.8 Å². The van der Waals surface area contributed by atoms with E-state index in [0.29, 0.717) is 6.04 Å². The molecule has 0 aliphatic heterocycles. The molecule has 0 heterocycles. The first kappa shape index (κ1) is 15.1. The molecule has 20 heavy (non-hydrogen) atoms. The van der Waals surface area contributed by atoms with Gasteiger partial charge in [0.15, 0.2) is 11.6 Å². The van der Waals surface area contributed by atoms with Crippen molar-refractivity contribution in [3.05, 3.63) is 24.0 Å². The molecule has 4 heteroatoms. The van der Waals surface area contributed by atoms with E-state index in [-0.39, 0.29) is 23.1 Å². The fraction of sp³-hybridized carbons (Fsp3) is 0.625. The number of nitrogens with one attached hydrogen (secondary N) is 1. The van der Waals surface area contributed by atoms with Gasteiger partial charge >= 0.3 is 0 Å². The molecular formula is C16H24FNO2. The molecule has 3 unspecified atom stereocenters. The van der Waals surface area contributed by atoms with E-state index < -0.39 is 0 Å². The van der Waals surface area contributed by atoms with E-state index in [2.05, 4.69) is 19.2 Å². The molecular weight excluding hydrogens is 257 g/mol. The van der Waals surface area contributed by atoms with Crippen LogP contribution in [0.5, 0.6) is 5.75 Å². The van der Waals surface area contributed by atoms with Gasteiger partial charge in [-0.3, -0.25) is 0 Å². The van der Waals surface area contributed by atoms with Crippen LogP contribution in [0.2, 0.25) is 0 Å². The Bertz CT molecular complexity index is 466. The molecule has 0 spiro atoms. The second-order valence-corrected chi connectivity index (χ2v) is 5.59. The van der Waals surface area contributed by atoms with Crippen molar-refractivity contribution >= 4 is 5.69 Å². The lowest BCUT2D eigenvalue weighted by Gasteiger charge is -2.54. The van der Waals surface area contributed by atoms with Gasteiger partial charge in [0.2, 0.25) is 0 Å². The lowest BCUT2D eigenvalue weighted by molar-refractivity contribution is -0.109. The summed E-state index contributed by atoms with van der Waals surface area (Å²) in [5.74, 6) is -0.0639. The van der Waals surface area contributed by atoms with Crippen LogP contribution in [-0.2, 0) is 4.74 Å². The molecule has 1 fully saturated rings. The Hall–Kier alpha value is -1.29. The second-order valence-electron chi connectivity index (χ2n) is 5.59. The molecule has 0 bridgehead atoms. The maximum atomic E-state index is 13.7. The number of rotatable bonds is 6. The predicted molar refractivity (Wildman–Crippen MR) is 78.8 cm³/mol. The van der Waals surface area contributed by atoms with E-state index in [9.17, 15) is 4.39 Å². The minimum Gasteiger partial charge on any atom is -0.494 e. The summed E-state index contributed by atoms with van der Waals surface area (Å²) in [7, 11) is 1.47. The van der Waals surface area contributed by atoms with Gasteiger partial charge in [0, 0.05) is 29.8 Å². The van der Waals surface area contributed by atoms with Crippen molar-refractivity contribution in [3.63, 3.8) is 0 Å². The van der Waals surface area contributed by atoms with E-state index in [1.54, 1.807) is 6.07 Å². The Morgan fingerprint density at radius 1 is 1.40 bits per heavy atom. The van der Waals surface area contributed by atoms with Crippen LogP contribution in [0.3, 0.4) is 0 Å². The third-order valence-corrected chi connectivity index (χ3v) is 4.60. The van der Waals surface area contributed by atoms with Crippen molar-refractivity contribution in [2.24, 2.45) is 5.41 Å². The number of methoxy groups -OCH3 is 1. The van der Waals surface area contributed by atoms with Crippen molar-refractivity contribution in [2.75, 3.05) is 19.0 Å². The van der Waals surface area contributed by atoms with Crippen molar-refractivity contribution in [1.82, 2.24) is 0 Å². The topological polar surface area (TPSA) is 30.5 Å². The highest BCUT2D eigenvalue weighted by atomic mass is 19.1. The van der Waals surface area contributed by atoms with Gasteiger partial charge in [-0.1, -0.05) is 13.8 Å². The van der Waals surface area contributed by atoms with Gasteiger partial charge in [-0.15, -0.1) is 0 Å². The van der Waals surface area contributed by atoms with Crippen molar-refractivity contribution in [3.8, 4) is 5.75 Å². The van der Waals surface area contributed by atoms with E-state index in [1.165, 1.54) is 13.2 Å². The van der Waals surface area contributed by atoms with Crippen LogP contribution in [0, 0.1) is 11.2 Å². The smallest absolute Gasteiger partial charge is 0.167 e. The molecule has 0 saturated heterocycles. The van der Waals surface area contributed by atoms with Gasteiger partial charge in [-0.2, -0.15) is 0 Å². The summed E-state index contributed by atoms with van der Waals surface area (Å²) >= 11 is 0. The third kappa shape index (κ3) is 2.62. The number of benzene rings is 1. The second kappa shape index (κ2) is 6.00. The molecule has 1 aliphatic carbocycles. The number of ether oxygens (including phenoxy) is 2. The Labute approximate surface area is 120 Å². The Kier molecular flexibility index (Phi) is 4.53. The van der Waals surface area contributed by atoms with Crippen LogP contribution in [-0.4, -0.2) is 25.9 Å². The minimum atomic E-state index is -0.337. The average Bonchev–Trinajstić information content (AvgIpc) is 2.45. The first-order valence-corrected chi connectivity index (χ1v) is 7.26. The van der Waals surface area contributed by atoms with Crippen LogP contribution < -0.4 is 10.1 Å². The molecule has 0 amide bonds. The molecule has 3 nitrogen and oxygen atoms in total. The SMILES string of the molecule is CCOC1CC(Nc2ccc(OC)c(F)c2)C1(C)CC. The summed E-state index contributed by atoms with van der Waals surface area (Å²) in [5, 5.41) is 3.42. The van der Waals surface area contributed by atoms with Gasteiger partial charge < -0.3 is 14.8 Å². The molecule has 0 aromatic heterocycles. The first-order chi connectivity index (χ1) is 9.55. The molecule has 3 atom stereocenters. The Morgan fingerprint density at radius 2 is 2.15 bits per heavy atom. The molecule has 1 aromatic carbocycles. The van der Waals surface area contributed by atoms with Crippen LogP contribution in [0.4, 0.5) is 10.1 Å². The van der Waals surface area contributed by atoms with Crippen LogP contribution in [0.1, 0.15) is 33.6 Å². The maximum absolute atomic E-state index is 13.7. The van der Waals surface area contributed by atoms with Crippen LogP contribution in [0.15, 0.2) is 18.2 Å². The first-order valence-electron chi connectivity index (χ1n) is 7.26.